The van der Waals surface area contributed by atoms with Crippen molar-refractivity contribution in [1.29, 1.82) is 0 Å². The van der Waals surface area contributed by atoms with Gasteiger partial charge in [-0.15, -0.1) is 11.3 Å². The largest absolute Gasteiger partial charge is 0.495 e. The van der Waals surface area contributed by atoms with Crippen LogP contribution in [0.4, 0.5) is 0 Å². The number of hydrogen-bond acceptors (Lipinski definition) is 7. The summed E-state index contributed by atoms with van der Waals surface area (Å²) in [5.41, 5.74) is 3.48. The van der Waals surface area contributed by atoms with Gasteiger partial charge in [-0.25, -0.2) is 4.98 Å². The number of benzene rings is 1. The van der Waals surface area contributed by atoms with Crippen LogP contribution >= 0.6 is 11.3 Å². The molecule has 0 bridgehead atoms. The second kappa shape index (κ2) is 9.36. The van der Waals surface area contributed by atoms with Crippen molar-refractivity contribution in [3.05, 3.63) is 65.0 Å². The fourth-order valence-corrected chi connectivity index (χ4v) is 5.49. The Bertz CT molecular complexity index is 1400. The molecule has 6 rings (SSSR count). The molecule has 9 nitrogen and oxygen atoms in total. The fraction of sp³-hybridized carbons (Fsp3) is 0.308. The first kappa shape index (κ1) is 22.7. The number of likely N-dealkylation sites (tertiary alicyclic amines) is 1. The number of amides is 2. The number of piperazine rings is 1. The Morgan fingerprint density at radius 2 is 1.83 bits per heavy atom. The Morgan fingerprint density at radius 1 is 1.00 bits per heavy atom. The Kier molecular flexibility index (Phi) is 5.90. The molecule has 10 heteroatoms. The van der Waals surface area contributed by atoms with E-state index in [1.54, 1.807) is 25.7 Å². The van der Waals surface area contributed by atoms with E-state index in [0.717, 1.165) is 35.1 Å². The van der Waals surface area contributed by atoms with Crippen molar-refractivity contribution in [1.82, 2.24) is 29.7 Å². The zero-order chi connectivity index (χ0) is 24.6. The van der Waals surface area contributed by atoms with Crippen molar-refractivity contribution >= 4 is 34.1 Å². The molecule has 2 aliphatic heterocycles. The van der Waals surface area contributed by atoms with Gasteiger partial charge >= 0.3 is 0 Å². The number of ether oxygens (including phenoxy) is 1. The van der Waals surface area contributed by atoms with E-state index in [1.807, 2.05) is 45.5 Å². The summed E-state index contributed by atoms with van der Waals surface area (Å²) in [6, 6.07) is 10.3. The molecule has 0 unspecified atom stereocenters. The molecule has 2 aliphatic rings. The van der Waals surface area contributed by atoms with E-state index in [4.69, 9.17) is 4.74 Å². The molecular formula is C26H26N6O3S. The first-order valence-corrected chi connectivity index (χ1v) is 12.8. The van der Waals surface area contributed by atoms with Crippen LogP contribution in [0.1, 0.15) is 20.3 Å². The van der Waals surface area contributed by atoms with E-state index < -0.39 is 0 Å². The molecule has 0 atom stereocenters. The fourth-order valence-electron chi connectivity index (χ4n) is 4.89. The lowest BCUT2D eigenvalue weighted by Gasteiger charge is -2.47. The van der Waals surface area contributed by atoms with Gasteiger partial charge in [0.2, 0.25) is 0 Å². The molecule has 2 fully saturated rings. The topological polar surface area (TPSA) is 94.7 Å². The third-order valence-corrected chi connectivity index (χ3v) is 7.78. The second-order valence-corrected chi connectivity index (χ2v) is 10.0. The van der Waals surface area contributed by atoms with Gasteiger partial charge in [0, 0.05) is 79.6 Å². The third kappa shape index (κ3) is 4.22. The maximum atomic E-state index is 13.1. The number of thiazole rings is 1. The van der Waals surface area contributed by atoms with E-state index in [1.165, 1.54) is 11.3 Å². The number of nitrogens with zero attached hydrogens (tertiary/aromatic N) is 5. The highest BCUT2D eigenvalue weighted by Crippen LogP contribution is 2.28. The number of carbonyl (C=O) groups is 2. The van der Waals surface area contributed by atoms with Gasteiger partial charge in [-0.2, -0.15) is 0 Å². The van der Waals surface area contributed by atoms with Crippen LogP contribution < -0.4 is 4.74 Å². The van der Waals surface area contributed by atoms with Crippen LogP contribution in [0.25, 0.3) is 22.0 Å². The summed E-state index contributed by atoms with van der Waals surface area (Å²) >= 11 is 1.38. The number of methoxy groups -OCH3 is 1. The second-order valence-electron chi connectivity index (χ2n) is 9.13. The number of pyridine rings is 1. The number of H-pyrrole nitrogens is 1. The van der Waals surface area contributed by atoms with Gasteiger partial charge in [-0.1, -0.05) is 12.1 Å². The summed E-state index contributed by atoms with van der Waals surface area (Å²) in [4.78, 5) is 43.5. The van der Waals surface area contributed by atoms with Gasteiger partial charge in [0.15, 0.2) is 5.01 Å². The number of rotatable bonds is 5. The number of fused-ring (bicyclic) bond motifs is 1. The summed E-state index contributed by atoms with van der Waals surface area (Å²) in [6.07, 6.45) is 5.14. The average Bonchev–Trinajstić information content (AvgIpc) is 3.58. The standard InChI is InChI=1S/C26H26N6O3S/c1-35-21-10-19(13-27-14-21)17-2-3-18-12-23(29-22(18)11-17)25(33)32-15-20(16-32)30-5-7-31(8-6-30)26(34)24-28-4-9-36-24/h2-4,9-14,20,29H,5-8,15-16H2,1H3. The summed E-state index contributed by atoms with van der Waals surface area (Å²) in [6.45, 7) is 4.42. The number of carbonyl (C=O) groups excluding carboxylic acids is 2. The SMILES string of the molecule is COc1cncc(-c2ccc3cc(C(=O)N4CC(N5CCN(C(=O)c6nccs6)CC5)C4)[nH]c3c2)c1. The van der Waals surface area contributed by atoms with E-state index in [-0.39, 0.29) is 11.8 Å². The molecule has 4 aromatic rings. The van der Waals surface area contributed by atoms with Crippen LogP contribution in [-0.4, -0.2) is 93.9 Å². The molecule has 1 N–H and O–H groups in total. The maximum absolute atomic E-state index is 13.1. The summed E-state index contributed by atoms with van der Waals surface area (Å²) in [5.74, 6) is 0.735. The van der Waals surface area contributed by atoms with Crippen molar-refractivity contribution in [2.45, 2.75) is 6.04 Å². The predicted molar refractivity (Wildman–Crippen MR) is 137 cm³/mol. The molecule has 2 amide bonds. The Balaban J connectivity index is 1.06. The van der Waals surface area contributed by atoms with Crippen LogP contribution in [0.3, 0.4) is 0 Å². The minimum Gasteiger partial charge on any atom is -0.495 e. The number of hydrogen-bond donors (Lipinski definition) is 1. The molecule has 0 aliphatic carbocycles. The van der Waals surface area contributed by atoms with Gasteiger partial charge in [0.25, 0.3) is 11.8 Å². The van der Waals surface area contributed by atoms with Gasteiger partial charge in [0.1, 0.15) is 11.4 Å². The minimum absolute atomic E-state index is 0.0136. The molecule has 0 saturated carbocycles. The van der Waals surface area contributed by atoms with Gasteiger partial charge in [-0.05, 0) is 23.8 Å². The highest BCUT2D eigenvalue weighted by molar-refractivity contribution is 7.11. The van der Waals surface area contributed by atoms with Crippen LogP contribution in [0.15, 0.2) is 54.3 Å². The van der Waals surface area contributed by atoms with Gasteiger partial charge < -0.3 is 19.5 Å². The number of aromatic nitrogens is 3. The van der Waals surface area contributed by atoms with Crippen LogP contribution in [-0.2, 0) is 0 Å². The lowest BCUT2D eigenvalue weighted by molar-refractivity contribution is 0.00827. The molecule has 184 valence electrons. The smallest absolute Gasteiger partial charge is 0.282 e. The molecule has 0 radical (unpaired) electrons. The zero-order valence-electron chi connectivity index (χ0n) is 19.9. The Morgan fingerprint density at radius 3 is 2.58 bits per heavy atom. The lowest BCUT2D eigenvalue weighted by Crippen LogP contribution is -2.64. The zero-order valence-corrected chi connectivity index (χ0v) is 20.7. The molecule has 1 aromatic carbocycles. The first-order chi connectivity index (χ1) is 17.6. The summed E-state index contributed by atoms with van der Waals surface area (Å²) in [7, 11) is 1.62. The van der Waals surface area contributed by atoms with Gasteiger partial charge in [-0.3, -0.25) is 19.5 Å². The Labute approximate surface area is 212 Å². The lowest BCUT2D eigenvalue weighted by atomic mass is 10.0. The number of nitrogens with one attached hydrogen (secondary N) is 1. The van der Waals surface area contributed by atoms with Crippen molar-refractivity contribution in [3.63, 3.8) is 0 Å². The highest BCUT2D eigenvalue weighted by atomic mass is 32.1. The molecule has 2 saturated heterocycles. The van der Waals surface area contributed by atoms with E-state index in [2.05, 4.69) is 19.9 Å². The highest BCUT2D eigenvalue weighted by Gasteiger charge is 2.37. The van der Waals surface area contributed by atoms with Crippen LogP contribution in [0.5, 0.6) is 5.75 Å². The monoisotopic (exact) mass is 502 g/mol. The summed E-state index contributed by atoms with van der Waals surface area (Å²) < 4.78 is 5.28. The third-order valence-electron chi connectivity index (χ3n) is 7.02. The molecule has 36 heavy (non-hydrogen) atoms. The molecule has 3 aromatic heterocycles. The van der Waals surface area contributed by atoms with Crippen molar-refractivity contribution in [2.24, 2.45) is 0 Å². The molecule has 5 heterocycles. The van der Waals surface area contributed by atoms with Crippen molar-refractivity contribution in [3.8, 4) is 16.9 Å². The van der Waals surface area contributed by atoms with E-state index >= 15 is 0 Å². The van der Waals surface area contributed by atoms with Gasteiger partial charge in [0.05, 0.1) is 13.3 Å². The minimum atomic E-state index is 0.0136. The molecule has 0 spiro atoms. The first-order valence-electron chi connectivity index (χ1n) is 11.9. The maximum Gasteiger partial charge on any atom is 0.282 e. The predicted octanol–water partition coefficient (Wildman–Crippen LogP) is 2.98. The van der Waals surface area contributed by atoms with Crippen LogP contribution in [0.2, 0.25) is 0 Å². The van der Waals surface area contributed by atoms with E-state index in [0.29, 0.717) is 48.7 Å². The normalized spacial score (nSPS) is 16.8. The Hall–Kier alpha value is -3.76. The average molecular weight is 503 g/mol. The van der Waals surface area contributed by atoms with Crippen molar-refractivity contribution < 1.29 is 14.3 Å². The summed E-state index contributed by atoms with van der Waals surface area (Å²) in [5, 5.41) is 3.37. The van der Waals surface area contributed by atoms with Crippen molar-refractivity contribution in [2.75, 3.05) is 46.4 Å². The number of aromatic amines is 1. The molecular weight excluding hydrogens is 476 g/mol. The van der Waals surface area contributed by atoms with E-state index in [9.17, 15) is 9.59 Å². The quantitative estimate of drug-likeness (QED) is 0.451. The van der Waals surface area contributed by atoms with Crippen LogP contribution in [0, 0.1) is 0 Å².